The number of carbonyl (C=O) groups is 1. The van der Waals surface area contributed by atoms with Gasteiger partial charge in [0.25, 0.3) is 5.91 Å². The van der Waals surface area contributed by atoms with Crippen LogP contribution in [0.2, 0.25) is 0 Å². The molecule has 0 heterocycles. The van der Waals surface area contributed by atoms with Gasteiger partial charge < -0.3 is 20.1 Å². The van der Waals surface area contributed by atoms with Crippen molar-refractivity contribution in [3.8, 4) is 11.5 Å². The van der Waals surface area contributed by atoms with Gasteiger partial charge >= 0.3 is 0 Å². The Balaban J connectivity index is 2.75. The van der Waals surface area contributed by atoms with Gasteiger partial charge in [0, 0.05) is 30.8 Å². The van der Waals surface area contributed by atoms with Crippen molar-refractivity contribution in [2.24, 2.45) is 0 Å². The Hall–Kier alpha value is -1.75. The molecule has 112 valence electrons. The van der Waals surface area contributed by atoms with Gasteiger partial charge in [0.2, 0.25) is 0 Å². The smallest absolute Gasteiger partial charge is 0.257 e. The quantitative estimate of drug-likeness (QED) is 0.761. The average molecular weight is 280 g/mol. The van der Waals surface area contributed by atoms with E-state index in [2.05, 4.69) is 24.5 Å². The van der Waals surface area contributed by atoms with Gasteiger partial charge in [0.05, 0.1) is 7.11 Å². The molecule has 0 atom stereocenters. The highest BCUT2D eigenvalue weighted by molar-refractivity contribution is 5.77. The maximum absolute atomic E-state index is 11.5. The normalized spacial score (nSPS) is 10.4. The molecule has 0 aliphatic rings. The van der Waals surface area contributed by atoms with Crippen LogP contribution >= 0.6 is 0 Å². The third-order valence-corrected chi connectivity index (χ3v) is 2.71. The molecule has 0 bridgehead atoms. The van der Waals surface area contributed by atoms with Crippen molar-refractivity contribution >= 4 is 5.91 Å². The highest BCUT2D eigenvalue weighted by Crippen LogP contribution is 2.24. The van der Waals surface area contributed by atoms with Crippen molar-refractivity contribution in [3.05, 3.63) is 23.8 Å². The molecule has 0 aliphatic carbocycles. The molecule has 0 fully saturated rings. The zero-order valence-corrected chi connectivity index (χ0v) is 12.7. The Morgan fingerprint density at radius 3 is 2.70 bits per heavy atom. The summed E-state index contributed by atoms with van der Waals surface area (Å²) in [6.45, 7) is 7.34. The summed E-state index contributed by atoms with van der Waals surface area (Å²) in [6.07, 6.45) is 0. The SMILES string of the molecule is CCNC(=O)COc1cc(OC)ccc1CNC(C)C. The first-order chi connectivity index (χ1) is 9.56. The molecule has 0 aliphatic heterocycles. The van der Waals surface area contributed by atoms with E-state index in [0.717, 1.165) is 5.56 Å². The molecule has 20 heavy (non-hydrogen) atoms. The molecule has 2 N–H and O–H groups in total. The molecule has 0 radical (unpaired) electrons. The standard InChI is InChI=1S/C15H24N2O3/c1-5-16-15(18)10-20-14-8-13(19-4)7-6-12(14)9-17-11(2)3/h6-8,11,17H,5,9-10H2,1-4H3,(H,16,18). The van der Waals surface area contributed by atoms with Crippen molar-refractivity contribution in [2.45, 2.75) is 33.4 Å². The van der Waals surface area contributed by atoms with E-state index in [0.29, 0.717) is 30.6 Å². The summed E-state index contributed by atoms with van der Waals surface area (Å²) in [5.74, 6) is 1.26. The van der Waals surface area contributed by atoms with E-state index in [1.165, 1.54) is 0 Å². The van der Waals surface area contributed by atoms with Crippen molar-refractivity contribution in [1.29, 1.82) is 0 Å². The second kappa shape index (κ2) is 8.43. The molecule has 0 aromatic heterocycles. The van der Waals surface area contributed by atoms with Crippen LogP contribution in [0.4, 0.5) is 0 Å². The lowest BCUT2D eigenvalue weighted by Gasteiger charge is -2.14. The van der Waals surface area contributed by atoms with Crippen LogP contribution < -0.4 is 20.1 Å². The van der Waals surface area contributed by atoms with Gasteiger partial charge in [-0.1, -0.05) is 19.9 Å². The van der Waals surface area contributed by atoms with E-state index in [1.807, 2.05) is 19.1 Å². The summed E-state index contributed by atoms with van der Waals surface area (Å²) < 4.78 is 10.8. The fourth-order valence-corrected chi connectivity index (χ4v) is 1.65. The molecule has 1 amide bonds. The van der Waals surface area contributed by atoms with E-state index < -0.39 is 0 Å². The molecule has 0 unspecified atom stereocenters. The molecule has 5 nitrogen and oxygen atoms in total. The molecule has 1 rings (SSSR count). The Bertz CT molecular complexity index is 433. The first-order valence-corrected chi connectivity index (χ1v) is 6.86. The van der Waals surface area contributed by atoms with E-state index in [1.54, 1.807) is 13.2 Å². The van der Waals surface area contributed by atoms with Crippen molar-refractivity contribution in [2.75, 3.05) is 20.3 Å². The fourth-order valence-electron chi connectivity index (χ4n) is 1.65. The van der Waals surface area contributed by atoms with Crippen LogP contribution in [0.3, 0.4) is 0 Å². The monoisotopic (exact) mass is 280 g/mol. The van der Waals surface area contributed by atoms with Gasteiger partial charge in [-0.05, 0) is 13.0 Å². The predicted molar refractivity (Wildman–Crippen MR) is 79.1 cm³/mol. The molecule has 1 aromatic carbocycles. The van der Waals surface area contributed by atoms with Gasteiger partial charge in [-0.15, -0.1) is 0 Å². The first-order valence-electron chi connectivity index (χ1n) is 6.86. The lowest BCUT2D eigenvalue weighted by molar-refractivity contribution is -0.123. The first kappa shape index (κ1) is 16.3. The predicted octanol–water partition coefficient (Wildman–Crippen LogP) is 1.71. The lowest BCUT2D eigenvalue weighted by atomic mass is 10.2. The van der Waals surface area contributed by atoms with Crippen LogP contribution in [0.5, 0.6) is 11.5 Å². The third-order valence-electron chi connectivity index (χ3n) is 2.71. The second-order valence-corrected chi connectivity index (χ2v) is 4.75. The van der Waals surface area contributed by atoms with Crippen molar-refractivity contribution in [1.82, 2.24) is 10.6 Å². The van der Waals surface area contributed by atoms with E-state index in [4.69, 9.17) is 9.47 Å². The third kappa shape index (κ3) is 5.48. The molecule has 0 saturated heterocycles. The summed E-state index contributed by atoms with van der Waals surface area (Å²) in [5.41, 5.74) is 1.00. The number of likely N-dealkylation sites (N-methyl/N-ethyl adjacent to an activating group) is 1. The Morgan fingerprint density at radius 2 is 2.10 bits per heavy atom. The second-order valence-electron chi connectivity index (χ2n) is 4.75. The summed E-state index contributed by atoms with van der Waals surface area (Å²) in [4.78, 5) is 11.5. The number of hydrogen-bond acceptors (Lipinski definition) is 4. The van der Waals surface area contributed by atoms with E-state index in [-0.39, 0.29) is 12.5 Å². The van der Waals surface area contributed by atoms with Gasteiger partial charge in [0.1, 0.15) is 11.5 Å². The number of ether oxygens (including phenoxy) is 2. The number of rotatable bonds is 8. The number of carbonyl (C=O) groups excluding carboxylic acids is 1. The van der Waals surface area contributed by atoms with Gasteiger partial charge in [-0.2, -0.15) is 0 Å². The van der Waals surface area contributed by atoms with Crippen LogP contribution in [-0.4, -0.2) is 32.2 Å². The summed E-state index contributed by atoms with van der Waals surface area (Å²) in [5, 5.41) is 6.03. The van der Waals surface area contributed by atoms with Crippen LogP contribution in [0.1, 0.15) is 26.3 Å². The Morgan fingerprint density at radius 1 is 1.35 bits per heavy atom. The fraction of sp³-hybridized carbons (Fsp3) is 0.533. The maximum Gasteiger partial charge on any atom is 0.257 e. The number of hydrogen-bond donors (Lipinski definition) is 2. The van der Waals surface area contributed by atoms with E-state index in [9.17, 15) is 4.79 Å². The van der Waals surface area contributed by atoms with Crippen molar-refractivity contribution in [3.63, 3.8) is 0 Å². The van der Waals surface area contributed by atoms with Gasteiger partial charge in [-0.3, -0.25) is 4.79 Å². The van der Waals surface area contributed by atoms with Gasteiger partial charge in [0.15, 0.2) is 6.61 Å². The zero-order valence-electron chi connectivity index (χ0n) is 12.7. The highest BCUT2D eigenvalue weighted by Gasteiger charge is 2.09. The summed E-state index contributed by atoms with van der Waals surface area (Å²) >= 11 is 0. The molecule has 0 spiro atoms. The summed E-state index contributed by atoms with van der Waals surface area (Å²) in [6, 6.07) is 6.02. The maximum atomic E-state index is 11.5. The van der Waals surface area contributed by atoms with Crippen LogP contribution in [-0.2, 0) is 11.3 Å². The minimum atomic E-state index is -0.127. The van der Waals surface area contributed by atoms with Crippen LogP contribution in [0.15, 0.2) is 18.2 Å². The Labute approximate surface area is 120 Å². The summed E-state index contributed by atoms with van der Waals surface area (Å²) in [7, 11) is 1.61. The minimum absolute atomic E-state index is 0.00961. The topological polar surface area (TPSA) is 59.6 Å². The number of nitrogens with one attached hydrogen (secondary N) is 2. The zero-order chi connectivity index (χ0) is 15.0. The van der Waals surface area contributed by atoms with Crippen LogP contribution in [0.25, 0.3) is 0 Å². The molecule has 5 heteroatoms. The minimum Gasteiger partial charge on any atom is -0.497 e. The number of methoxy groups -OCH3 is 1. The number of amides is 1. The van der Waals surface area contributed by atoms with Crippen LogP contribution in [0, 0.1) is 0 Å². The highest BCUT2D eigenvalue weighted by atomic mass is 16.5. The lowest BCUT2D eigenvalue weighted by Crippen LogP contribution is -2.29. The largest absolute Gasteiger partial charge is 0.497 e. The van der Waals surface area contributed by atoms with Crippen molar-refractivity contribution < 1.29 is 14.3 Å². The average Bonchev–Trinajstić information content (AvgIpc) is 2.43. The molecular formula is C15H24N2O3. The number of benzene rings is 1. The Kier molecular flexibility index (Phi) is 6.87. The molecule has 1 aromatic rings. The molecular weight excluding hydrogens is 256 g/mol. The molecule has 0 saturated carbocycles. The van der Waals surface area contributed by atoms with Gasteiger partial charge in [-0.25, -0.2) is 0 Å². The van der Waals surface area contributed by atoms with E-state index >= 15 is 0 Å².